The maximum atomic E-state index is 12.6. The highest BCUT2D eigenvalue weighted by Gasteiger charge is 2.35. The number of piperazine rings is 1. The SMILES string of the molecule is O=S(=O)(c1csc(CO)c1)N1CCN2CCCCC2C1. The molecule has 0 aromatic carbocycles. The fourth-order valence-electron chi connectivity index (χ4n) is 3.07. The Morgan fingerprint density at radius 1 is 1.30 bits per heavy atom. The van der Waals surface area contributed by atoms with Gasteiger partial charge in [0.05, 0.1) is 11.5 Å². The van der Waals surface area contributed by atoms with Crippen LogP contribution in [0.4, 0.5) is 0 Å². The van der Waals surface area contributed by atoms with Gasteiger partial charge in [-0.15, -0.1) is 11.3 Å². The fraction of sp³-hybridized carbons (Fsp3) is 0.692. The predicted molar refractivity (Wildman–Crippen MR) is 78.2 cm³/mol. The van der Waals surface area contributed by atoms with E-state index in [0.717, 1.165) is 19.5 Å². The van der Waals surface area contributed by atoms with E-state index in [0.29, 0.717) is 28.9 Å². The van der Waals surface area contributed by atoms with Crippen molar-refractivity contribution in [1.29, 1.82) is 0 Å². The first kappa shape index (κ1) is 14.5. The van der Waals surface area contributed by atoms with Crippen LogP contribution < -0.4 is 0 Å². The van der Waals surface area contributed by atoms with E-state index in [-0.39, 0.29) is 6.61 Å². The topological polar surface area (TPSA) is 60.9 Å². The zero-order valence-electron chi connectivity index (χ0n) is 11.4. The molecule has 0 radical (unpaired) electrons. The molecule has 112 valence electrons. The van der Waals surface area contributed by atoms with E-state index >= 15 is 0 Å². The Labute approximate surface area is 123 Å². The summed E-state index contributed by atoms with van der Waals surface area (Å²) >= 11 is 1.30. The van der Waals surface area contributed by atoms with Crippen molar-refractivity contribution >= 4 is 21.4 Å². The lowest BCUT2D eigenvalue weighted by Crippen LogP contribution is -2.56. The van der Waals surface area contributed by atoms with Crippen LogP contribution in [0.1, 0.15) is 24.1 Å². The number of aliphatic hydroxyl groups excluding tert-OH is 1. The van der Waals surface area contributed by atoms with Crippen LogP contribution in [0.5, 0.6) is 0 Å². The average Bonchev–Trinajstić information content (AvgIpc) is 2.96. The van der Waals surface area contributed by atoms with Crippen molar-refractivity contribution in [3.05, 3.63) is 16.3 Å². The molecule has 3 heterocycles. The first-order valence-electron chi connectivity index (χ1n) is 7.04. The normalized spacial score (nSPS) is 25.6. The third-order valence-electron chi connectivity index (χ3n) is 4.22. The second-order valence-corrected chi connectivity index (χ2v) is 8.39. The van der Waals surface area contributed by atoms with E-state index in [1.54, 1.807) is 15.8 Å². The zero-order valence-corrected chi connectivity index (χ0v) is 13.0. The molecule has 2 aliphatic heterocycles. The maximum Gasteiger partial charge on any atom is 0.244 e. The van der Waals surface area contributed by atoms with Crippen molar-refractivity contribution in [1.82, 2.24) is 9.21 Å². The molecule has 0 amide bonds. The third kappa shape index (κ3) is 2.65. The predicted octanol–water partition coefficient (Wildman–Crippen LogP) is 1.10. The minimum Gasteiger partial charge on any atom is -0.391 e. The number of sulfonamides is 1. The summed E-state index contributed by atoms with van der Waals surface area (Å²) in [5, 5.41) is 10.7. The van der Waals surface area contributed by atoms with Gasteiger partial charge in [0.15, 0.2) is 0 Å². The van der Waals surface area contributed by atoms with Crippen molar-refractivity contribution < 1.29 is 13.5 Å². The van der Waals surface area contributed by atoms with Crippen LogP contribution >= 0.6 is 11.3 Å². The molecule has 1 unspecified atom stereocenters. The molecule has 1 aromatic heterocycles. The summed E-state index contributed by atoms with van der Waals surface area (Å²) in [6.45, 7) is 3.01. The lowest BCUT2D eigenvalue weighted by atomic mass is 10.0. The van der Waals surface area contributed by atoms with Crippen LogP contribution in [0.2, 0.25) is 0 Å². The van der Waals surface area contributed by atoms with Crippen molar-refractivity contribution in [3.63, 3.8) is 0 Å². The molecule has 1 N–H and O–H groups in total. The first-order valence-corrected chi connectivity index (χ1v) is 9.35. The molecule has 20 heavy (non-hydrogen) atoms. The van der Waals surface area contributed by atoms with Gasteiger partial charge in [-0.05, 0) is 25.5 Å². The Kier molecular flexibility index (Phi) is 4.14. The van der Waals surface area contributed by atoms with Crippen molar-refractivity contribution in [2.45, 2.75) is 36.8 Å². The van der Waals surface area contributed by atoms with Gasteiger partial charge in [0.25, 0.3) is 0 Å². The van der Waals surface area contributed by atoms with Gasteiger partial charge in [0.2, 0.25) is 10.0 Å². The molecule has 3 rings (SSSR count). The highest BCUT2D eigenvalue weighted by molar-refractivity contribution is 7.89. The summed E-state index contributed by atoms with van der Waals surface area (Å²) in [4.78, 5) is 3.44. The molecule has 1 aromatic rings. The molecule has 0 bridgehead atoms. The van der Waals surface area contributed by atoms with Crippen molar-refractivity contribution in [2.24, 2.45) is 0 Å². The summed E-state index contributed by atoms with van der Waals surface area (Å²) in [5.41, 5.74) is 0. The molecule has 2 aliphatic rings. The van der Waals surface area contributed by atoms with Crippen LogP contribution in [-0.2, 0) is 16.6 Å². The van der Waals surface area contributed by atoms with Gasteiger partial charge in [0.1, 0.15) is 0 Å². The lowest BCUT2D eigenvalue weighted by Gasteiger charge is -2.43. The van der Waals surface area contributed by atoms with Crippen LogP contribution in [0, 0.1) is 0 Å². The maximum absolute atomic E-state index is 12.6. The number of rotatable bonds is 3. The quantitative estimate of drug-likeness (QED) is 0.907. The summed E-state index contributed by atoms with van der Waals surface area (Å²) in [6.07, 6.45) is 3.52. The van der Waals surface area contributed by atoms with E-state index in [9.17, 15) is 8.42 Å². The Balaban J connectivity index is 1.77. The first-order chi connectivity index (χ1) is 9.61. The molecule has 5 nitrogen and oxygen atoms in total. The molecule has 0 spiro atoms. The van der Waals surface area contributed by atoms with Crippen LogP contribution in [0.15, 0.2) is 16.3 Å². The van der Waals surface area contributed by atoms with E-state index in [1.807, 2.05) is 0 Å². The van der Waals surface area contributed by atoms with Crippen molar-refractivity contribution in [3.8, 4) is 0 Å². The largest absolute Gasteiger partial charge is 0.391 e. The van der Waals surface area contributed by atoms with Gasteiger partial charge >= 0.3 is 0 Å². The number of nitrogens with zero attached hydrogens (tertiary/aromatic N) is 2. The van der Waals surface area contributed by atoms with Gasteiger partial charge in [-0.1, -0.05) is 6.42 Å². The molecule has 2 saturated heterocycles. The lowest BCUT2D eigenvalue weighted by molar-refractivity contribution is 0.0852. The van der Waals surface area contributed by atoms with Crippen LogP contribution in [0.3, 0.4) is 0 Å². The summed E-state index contributed by atoms with van der Waals surface area (Å²) < 4.78 is 26.9. The highest BCUT2D eigenvalue weighted by Crippen LogP contribution is 2.27. The zero-order chi connectivity index (χ0) is 14.2. The van der Waals surface area contributed by atoms with Crippen LogP contribution in [0.25, 0.3) is 0 Å². The van der Waals surface area contributed by atoms with Gasteiger partial charge in [-0.25, -0.2) is 8.42 Å². The summed E-state index contributed by atoms with van der Waals surface area (Å²) in [7, 11) is -3.40. The second kappa shape index (κ2) is 5.73. The second-order valence-electron chi connectivity index (χ2n) is 5.46. The smallest absolute Gasteiger partial charge is 0.244 e. The van der Waals surface area contributed by atoms with Crippen molar-refractivity contribution in [2.75, 3.05) is 26.2 Å². The molecule has 7 heteroatoms. The van der Waals surface area contributed by atoms with E-state index in [1.165, 1.54) is 24.2 Å². The Hall–Kier alpha value is -0.470. The minimum atomic E-state index is -3.40. The third-order valence-corrected chi connectivity index (χ3v) is 7.14. The standard InChI is InChI=1S/C13H20N2O3S2/c16-9-12-7-13(10-19-12)20(17,18)15-6-5-14-4-2-1-3-11(14)8-15/h7,10-11,16H,1-6,8-9H2. The molecule has 0 saturated carbocycles. The van der Waals surface area contributed by atoms with E-state index < -0.39 is 10.0 Å². The summed E-state index contributed by atoms with van der Waals surface area (Å²) in [5.74, 6) is 0. The van der Waals surface area contributed by atoms with Gasteiger partial charge in [-0.2, -0.15) is 4.31 Å². The van der Waals surface area contributed by atoms with E-state index in [2.05, 4.69) is 4.90 Å². The monoisotopic (exact) mass is 316 g/mol. The number of aliphatic hydroxyl groups is 1. The fourth-order valence-corrected chi connectivity index (χ4v) is 5.66. The number of thiophene rings is 1. The Morgan fingerprint density at radius 2 is 2.15 bits per heavy atom. The molecule has 1 atom stereocenters. The summed E-state index contributed by atoms with van der Waals surface area (Å²) in [6, 6.07) is 1.97. The number of hydrogen-bond donors (Lipinski definition) is 1. The van der Waals surface area contributed by atoms with Crippen LogP contribution in [-0.4, -0.2) is 55.0 Å². The van der Waals surface area contributed by atoms with Gasteiger partial charge in [-0.3, -0.25) is 4.90 Å². The molecule has 0 aliphatic carbocycles. The molecular formula is C13H20N2O3S2. The average molecular weight is 316 g/mol. The number of piperidine rings is 1. The minimum absolute atomic E-state index is 0.101. The Bertz CT molecular complexity index is 570. The van der Waals surface area contributed by atoms with E-state index in [4.69, 9.17) is 5.11 Å². The van der Waals surface area contributed by atoms with Gasteiger partial charge < -0.3 is 5.11 Å². The Morgan fingerprint density at radius 3 is 2.90 bits per heavy atom. The molecule has 2 fully saturated rings. The highest BCUT2D eigenvalue weighted by atomic mass is 32.2. The molecular weight excluding hydrogens is 296 g/mol. The van der Waals surface area contributed by atoms with Gasteiger partial charge in [0, 0.05) is 35.9 Å². The number of hydrogen-bond acceptors (Lipinski definition) is 5. The number of fused-ring (bicyclic) bond motifs is 1.